The molecule has 1 fully saturated rings. The van der Waals surface area contributed by atoms with Crippen molar-refractivity contribution in [1.29, 1.82) is 0 Å². The molecule has 3 rings (SSSR count). The molecule has 0 aromatic heterocycles. The van der Waals surface area contributed by atoms with Gasteiger partial charge in [0.2, 0.25) is 0 Å². The quantitative estimate of drug-likeness (QED) is 0.648. The van der Waals surface area contributed by atoms with Gasteiger partial charge in [0.25, 0.3) is 5.91 Å². The number of halogens is 1. The van der Waals surface area contributed by atoms with Crippen LogP contribution >= 0.6 is 0 Å². The van der Waals surface area contributed by atoms with Crippen molar-refractivity contribution in [1.82, 2.24) is 10.2 Å². The molecule has 2 aromatic carbocycles. The van der Waals surface area contributed by atoms with Crippen LogP contribution in [0.4, 0.5) is 9.18 Å². The fourth-order valence-corrected chi connectivity index (χ4v) is 2.79. The molecule has 0 spiro atoms. The molecule has 7 heteroatoms. The van der Waals surface area contributed by atoms with Gasteiger partial charge in [0, 0.05) is 0 Å². The first-order valence-corrected chi connectivity index (χ1v) is 8.24. The molecule has 2 aromatic rings. The highest BCUT2D eigenvalue weighted by Gasteiger charge is 2.33. The van der Waals surface area contributed by atoms with E-state index in [1.807, 2.05) is 6.92 Å². The largest absolute Gasteiger partial charge is 0.493 e. The van der Waals surface area contributed by atoms with Crippen LogP contribution < -0.4 is 14.8 Å². The lowest BCUT2D eigenvalue weighted by Gasteiger charge is -2.12. The summed E-state index contributed by atoms with van der Waals surface area (Å²) < 4.78 is 23.6. The van der Waals surface area contributed by atoms with Crippen LogP contribution in [-0.4, -0.2) is 31.1 Å². The summed E-state index contributed by atoms with van der Waals surface area (Å²) in [5.74, 6) is 0.283. The van der Waals surface area contributed by atoms with Gasteiger partial charge in [0.15, 0.2) is 11.5 Å². The van der Waals surface area contributed by atoms with E-state index in [2.05, 4.69) is 5.32 Å². The van der Waals surface area contributed by atoms with Gasteiger partial charge in [0.1, 0.15) is 11.5 Å². The lowest BCUT2D eigenvalue weighted by atomic mass is 10.1. The van der Waals surface area contributed by atoms with E-state index in [-0.39, 0.29) is 18.1 Å². The Hall–Kier alpha value is -3.35. The van der Waals surface area contributed by atoms with Gasteiger partial charge in [-0.15, -0.1) is 0 Å². The zero-order valence-corrected chi connectivity index (χ0v) is 15.2. The van der Waals surface area contributed by atoms with Crippen LogP contribution in [0.2, 0.25) is 0 Å². The van der Waals surface area contributed by atoms with Gasteiger partial charge in [-0.25, -0.2) is 9.18 Å². The van der Waals surface area contributed by atoms with Gasteiger partial charge in [0.05, 0.1) is 20.8 Å². The molecule has 1 heterocycles. The fraction of sp³-hybridized carbons (Fsp3) is 0.200. The van der Waals surface area contributed by atoms with Crippen molar-refractivity contribution in [2.45, 2.75) is 13.5 Å². The normalized spacial score (nSPS) is 15.3. The number of methoxy groups -OCH3 is 2. The number of carbonyl (C=O) groups is 2. The van der Waals surface area contributed by atoms with Gasteiger partial charge < -0.3 is 14.8 Å². The molecule has 6 nitrogen and oxygen atoms in total. The summed E-state index contributed by atoms with van der Waals surface area (Å²) in [6.45, 7) is 1.93. The van der Waals surface area contributed by atoms with Crippen LogP contribution in [0.1, 0.15) is 16.7 Å². The number of aryl methyl sites for hydroxylation is 1. The van der Waals surface area contributed by atoms with E-state index in [9.17, 15) is 14.0 Å². The van der Waals surface area contributed by atoms with E-state index >= 15 is 0 Å². The molecule has 27 heavy (non-hydrogen) atoms. The zero-order valence-electron chi connectivity index (χ0n) is 15.2. The Balaban J connectivity index is 1.87. The lowest BCUT2D eigenvalue weighted by Crippen LogP contribution is -2.30. The van der Waals surface area contributed by atoms with Gasteiger partial charge in [-0.1, -0.05) is 12.1 Å². The first-order valence-electron chi connectivity index (χ1n) is 8.24. The molecule has 0 unspecified atom stereocenters. The standard InChI is InChI=1S/C20H19FN2O4/c1-12-8-17(26-2)18(27-3)10-14(12)9-16-19(24)23(20(25)22-16)11-13-4-6-15(21)7-5-13/h4-10H,11H2,1-3H3,(H,22,25)/b16-9-. The molecule has 1 N–H and O–H groups in total. The van der Waals surface area contributed by atoms with E-state index in [1.165, 1.54) is 31.4 Å². The minimum absolute atomic E-state index is 0.0627. The van der Waals surface area contributed by atoms with E-state index in [0.29, 0.717) is 17.1 Å². The second-order valence-corrected chi connectivity index (χ2v) is 6.07. The number of imide groups is 1. The molecule has 0 atom stereocenters. The minimum atomic E-state index is -0.520. The number of hydrogen-bond donors (Lipinski definition) is 1. The summed E-state index contributed by atoms with van der Waals surface area (Å²) in [5.41, 5.74) is 2.40. The van der Waals surface area contributed by atoms with Crippen molar-refractivity contribution in [3.63, 3.8) is 0 Å². The smallest absolute Gasteiger partial charge is 0.329 e. The van der Waals surface area contributed by atoms with Crippen molar-refractivity contribution < 1.29 is 23.5 Å². The number of nitrogens with zero attached hydrogens (tertiary/aromatic N) is 1. The highest BCUT2D eigenvalue weighted by atomic mass is 19.1. The number of amides is 3. The molecule has 1 saturated heterocycles. The number of benzene rings is 2. The van der Waals surface area contributed by atoms with E-state index in [0.717, 1.165) is 16.0 Å². The first kappa shape index (κ1) is 18.4. The van der Waals surface area contributed by atoms with Crippen LogP contribution in [0.3, 0.4) is 0 Å². The van der Waals surface area contributed by atoms with Gasteiger partial charge in [-0.3, -0.25) is 9.69 Å². The highest BCUT2D eigenvalue weighted by molar-refractivity contribution is 6.14. The SMILES string of the molecule is COc1cc(C)c(/C=C2\NC(=O)N(Cc3ccc(F)cc3)C2=O)cc1OC. The van der Waals surface area contributed by atoms with Crippen LogP contribution in [0.25, 0.3) is 6.08 Å². The van der Waals surface area contributed by atoms with Crippen molar-refractivity contribution in [3.05, 3.63) is 64.6 Å². The fourth-order valence-electron chi connectivity index (χ4n) is 2.79. The lowest BCUT2D eigenvalue weighted by molar-refractivity contribution is -0.123. The molecule has 0 bridgehead atoms. The summed E-state index contributed by atoms with van der Waals surface area (Å²) in [6.07, 6.45) is 1.60. The topological polar surface area (TPSA) is 67.9 Å². The summed E-state index contributed by atoms with van der Waals surface area (Å²) in [5, 5.41) is 2.58. The number of ether oxygens (including phenoxy) is 2. The molecule has 1 aliphatic rings. The number of urea groups is 1. The molecular weight excluding hydrogens is 351 g/mol. The summed E-state index contributed by atoms with van der Waals surface area (Å²) in [6, 6.07) is 8.67. The van der Waals surface area contributed by atoms with Crippen molar-refractivity contribution >= 4 is 18.0 Å². The first-order chi connectivity index (χ1) is 12.9. The van der Waals surface area contributed by atoms with Gasteiger partial charge in [-0.05, 0) is 54.0 Å². The number of carbonyl (C=O) groups excluding carboxylic acids is 2. The van der Waals surface area contributed by atoms with Gasteiger partial charge >= 0.3 is 6.03 Å². The molecule has 0 aliphatic carbocycles. The minimum Gasteiger partial charge on any atom is -0.493 e. The molecular formula is C20H19FN2O4. The van der Waals surface area contributed by atoms with E-state index < -0.39 is 11.9 Å². The van der Waals surface area contributed by atoms with Crippen molar-refractivity contribution in [2.75, 3.05) is 14.2 Å². The number of hydrogen-bond acceptors (Lipinski definition) is 4. The third-order valence-corrected chi connectivity index (χ3v) is 4.29. The molecule has 0 saturated carbocycles. The Bertz CT molecular complexity index is 922. The molecule has 3 amide bonds. The maximum Gasteiger partial charge on any atom is 0.329 e. The highest BCUT2D eigenvalue weighted by Crippen LogP contribution is 2.31. The van der Waals surface area contributed by atoms with Crippen LogP contribution in [0, 0.1) is 12.7 Å². The summed E-state index contributed by atoms with van der Waals surface area (Å²) >= 11 is 0. The molecule has 0 radical (unpaired) electrons. The monoisotopic (exact) mass is 370 g/mol. The zero-order chi connectivity index (χ0) is 19.6. The maximum atomic E-state index is 13.0. The number of nitrogens with one attached hydrogen (secondary N) is 1. The Labute approximate surface area is 156 Å². The maximum absolute atomic E-state index is 13.0. The Morgan fingerprint density at radius 1 is 1.07 bits per heavy atom. The second-order valence-electron chi connectivity index (χ2n) is 6.07. The average molecular weight is 370 g/mol. The van der Waals surface area contributed by atoms with Crippen molar-refractivity contribution in [3.8, 4) is 11.5 Å². The average Bonchev–Trinajstić information content (AvgIpc) is 2.92. The predicted molar refractivity (Wildman–Crippen MR) is 97.7 cm³/mol. The Kier molecular flexibility index (Phi) is 5.12. The van der Waals surface area contributed by atoms with E-state index in [4.69, 9.17) is 9.47 Å². The molecule has 1 aliphatic heterocycles. The third-order valence-electron chi connectivity index (χ3n) is 4.29. The number of rotatable bonds is 5. The van der Waals surface area contributed by atoms with E-state index in [1.54, 1.807) is 25.3 Å². The second kappa shape index (κ2) is 7.49. The van der Waals surface area contributed by atoms with Crippen LogP contribution in [0.5, 0.6) is 11.5 Å². The van der Waals surface area contributed by atoms with Crippen molar-refractivity contribution in [2.24, 2.45) is 0 Å². The van der Waals surface area contributed by atoms with Crippen LogP contribution in [-0.2, 0) is 11.3 Å². The van der Waals surface area contributed by atoms with Gasteiger partial charge in [-0.2, -0.15) is 0 Å². The summed E-state index contributed by atoms with van der Waals surface area (Å²) in [7, 11) is 3.07. The predicted octanol–water partition coefficient (Wildman–Crippen LogP) is 3.24. The summed E-state index contributed by atoms with van der Waals surface area (Å²) in [4.78, 5) is 25.9. The van der Waals surface area contributed by atoms with Crippen LogP contribution in [0.15, 0.2) is 42.1 Å². The molecule has 140 valence electrons. The third kappa shape index (κ3) is 3.76. The Morgan fingerprint density at radius 3 is 2.33 bits per heavy atom. The Morgan fingerprint density at radius 2 is 1.70 bits per heavy atom.